The van der Waals surface area contributed by atoms with Gasteiger partial charge in [-0.3, -0.25) is 4.90 Å². The van der Waals surface area contributed by atoms with Crippen molar-refractivity contribution in [2.24, 2.45) is 0 Å². The molecular weight excluding hydrogens is 292 g/mol. The normalized spacial score (nSPS) is 22.6. The van der Waals surface area contributed by atoms with Crippen LogP contribution in [0, 0.1) is 5.21 Å². The van der Waals surface area contributed by atoms with Gasteiger partial charge in [0.15, 0.2) is 5.76 Å². The summed E-state index contributed by atoms with van der Waals surface area (Å²) in [6.07, 6.45) is 4.88. The first-order chi connectivity index (χ1) is 9.45. The maximum Gasteiger partial charge on any atom is 0.254 e. The zero-order chi connectivity index (χ0) is 14.8. The number of nitrogens with zero attached hydrogens (tertiary/aromatic N) is 2. The van der Waals surface area contributed by atoms with Crippen LogP contribution in [0.1, 0.15) is 39.4 Å². The van der Waals surface area contributed by atoms with Crippen LogP contribution >= 0.6 is 24.0 Å². The Hall–Kier alpha value is -1.01. The molecule has 0 bridgehead atoms. The quantitative estimate of drug-likeness (QED) is 0.274. The minimum atomic E-state index is -0.295. The Bertz CT molecular complexity index is 497. The highest BCUT2D eigenvalue weighted by molar-refractivity contribution is 8.24. The van der Waals surface area contributed by atoms with Crippen LogP contribution in [0.5, 0.6) is 0 Å². The van der Waals surface area contributed by atoms with Crippen molar-refractivity contribution in [1.29, 1.82) is 0 Å². The van der Waals surface area contributed by atoms with Gasteiger partial charge in [-0.2, -0.15) is 4.74 Å². The third-order valence-corrected chi connectivity index (χ3v) is 4.92. The molecule has 110 valence electrons. The third kappa shape index (κ3) is 3.17. The first kappa shape index (κ1) is 15.4. The van der Waals surface area contributed by atoms with Crippen LogP contribution in [-0.4, -0.2) is 37.6 Å². The van der Waals surface area contributed by atoms with Crippen LogP contribution < -0.4 is 0 Å². The van der Waals surface area contributed by atoms with E-state index in [1.165, 1.54) is 6.21 Å². The van der Waals surface area contributed by atoms with Crippen LogP contribution in [0.3, 0.4) is 0 Å². The fraction of sp³-hybridized carbons (Fsp3) is 0.571. The SMILES string of the molecule is CCCCN1C(=S)SC(C)(C)[C@@H]1[N+]([O-])=Cc1ccco1. The summed E-state index contributed by atoms with van der Waals surface area (Å²) in [4.78, 5) is 2.04. The number of hydrogen-bond donors (Lipinski definition) is 0. The first-order valence-corrected chi connectivity index (χ1v) is 8.01. The fourth-order valence-corrected chi connectivity index (χ4v) is 4.29. The highest BCUT2D eigenvalue weighted by Crippen LogP contribution is 2.41. The molecule has 0 saturated carbocycles. The smallest absolute Gasteiger partial charge is 0.254 e. The Morgan fingerprint density at radius 1 is 1.60 bits per heavy atom. The molecule has 0 aromatic carbocycles. The largest absolute Gasteiger partial charge is 0.622 e. The fourth-order valence-electron chi connectivity index (χ4n) is 2.36. The molecule has 6 heteroatoms. The molecule has 1 saturated heterocycles. The molecule has 0 radical (unpaired) electrons. The molecule has 1 aliphatic heterocycles. The lowest BCUT2D eigenvalue weighted by atomic mass is 10.1. The molecule has 1 aromatic rings. The molecule has 4 nitrogen and oxygen atoms in total. The summed E-state index contributed by atoms with van der Waals surface area (Å²) in [6, 6.07) is 3.54. The number of unbranched alkanes of at least 4 members (excludes halogenated alkanes) is 1. The number of rotatable bonds is 5. The molecule has 1 aliphatic rings. The summed E-state index contributed by atoms with van der Waals surface area (Å²) in [6.45, 7) is 7.07. The van der Waals surface area contributed by atoms with Crippen LogP contribution in [0.4, 0.5) is 0 Å². The van der Waals surface area contributed by atoms with Crippen molar-refractivity contribution in [2.45, 2.75) is 44.5 Å². The van der Waals surface area contributed by atoms with Crippen LogP contribution in [0.2, 0.25) is 0 Å². The molecule has 0 unspecified atom stereocenters. The monoisotopic (exact) mass is 312 g/mol. The highest BCUT2D eigenvalue weighted by atomic mass is 32.2. The molecule has 1 fully saturated rings. The molecule has 20 heavy (non-hydrogen) atoms. The van der Waals surface area contributed by atoms with Crippen molar-refractivity contribution < 1.29 is 9.16 Å². The van der Waals surface area contributed by atoms with E-state index in [4.69, 9.17) is 16.6 Å². The lowest BCUT2D eigenvalue weighted by Crippen LogP contribution is -2.48. The van der Waals surface area contributed by atoms with E-state index >= 15 is 0 Å². The number of hydroxylamine groups is 1. The second-order valence-electron chi connectivity index (χ2n) is 5.40. The molecule has 0 aliphatic carbocycles. The standard InChI is InChI=1S/C14H20N2O2S2/c1-4-5-8-15-12(14(2,3)20-13(15)19)16(17)10-11-7-6-9-18-11/h6-7,9-10,12H,4-5,8H2,1-3H3/t12-/m0/s1. The Morgan fingerprint density at radius 2 is 2.35 bits per heavy atom. The third-order valence-electron chi connectivity index (χ3n) is 3.29. The lowest BCUT2D eigenvalue weighted by molar-refractivity contribution is -0.524. The second kappa shape index (κ2) is 6.18. The summed E-state index contributed by atoms with van der Waals surface area (Å²) in [5.74, 6) is 0.564. The summed E-state index contributed by atoms with van der Waals surface area (Å²) in [5.41, 5.74) is 0. The van der Waals surface area contributed by atoms with Gasteiger partial charge in [-0.25, -0.2) is 0 Å². The van der Waals surface area contributed by atoms with Gasteiger partial charge >= 0.3 is 0 Å². The van der Waals surface area contributed by atoms with E-state index in [1.54, 1.807) is 30.2 Å². The number of furan rings is 1. The van der Waals surface area contributed by atoms with E-state index in [9.17, 15) is 5.21 Å². The van der Waals surface area contributed by atoms with E-state index in [1.807, 2.05) is 4.90 Å². The van der Waals surface area contributed by atoms with E-state index in [-0.39, 0.29) is 10.9 Å². The maximum atomic E-state index is 12.5. The average Bonchev–Trinajstić information content (AvgIpc) is 2.92. The van der Waals surface area contributed by atoms with E-state index in [2.05, 4.69) is 20.8 Å². The van der Waals surface area contributed by atoms with Crippen molar-refractivity contribution in [1.82, 2.24) is 4.90 Å². The van der Waals surface area contributed by atoms with Gasteiger partial charge in [-0.1, -0.05) is 37.3 Å². The molecule has 0 amide bonds. The van der Waals surface area contributed by atoms with E-state index < -0.39 is 0 Å². The van der Waals surface area contributed by atoms with Crippen LogP contribution in [0.25, 0.3) is 0 Å². The second-order valence-corrected chi connectivity index (χ2v) is 7.68. The Kier molecular flexibility index (Phi) is 4.75. The van der Waals surface area contributed by atoms with Crippen molar-refractivity contribution in [3.8, 4) is 0 Å². The van der Waals surface area contributed by atoms with E-state index in [0.717, 1.165) is 28.4 Å². The topological polar surface area (TPSA) is 42.5 Å². The van der Waals surface area contributed by atoms with Crippen LogP contribution in [0.15, 0.2) is 22.8 Å². The predicted molar refractivity (Wildman–Crippen MR) is 87.2 cm³/mol. The molecular formula is C14H20N2O2S2. The van der Waals surface area contributed by atoms with Gasteiger partial charge in [0, 0.05) is 6.54 Å². The first-order valence-electron chi connectivity index (χ1n) is 6.79. The van der Waals surface area contributed by atoms with Crippen LogP contribution in [-0.2, 0) is 0 Å². The van der Waals surface area contributed by atoms with Gasteiger partial charge in [0.2, 0.25) is 6.21 Å². The number of hydrogen-bond acceptors (Lipinski definition) is 4. The molecule has 0 N–H and O–H groups in total. The summed E-state index contributed by atoms with van der Waals surface area (Å²) in [5, 5.41) is 12.5. The number of thioether (sulfide) groups is 1. The van der Waals surface area contributed by atoms with Gasteiger partial charge in [0.1, 0.15) is 9.07 Å². The molecule has 2 heterocycles. The molecule has 1 atom stereocenters. The molecule has 1 aromatic heterocycles. The Morgan fingerprint density at radius 3 is 2.95 bits per heavy atom. The minimum Gasteiger partial charge on any atom is -0.622 e. The van der Waals surface area contributed by atoms with Crippen molar-refractivity contribution in [3.05, 3.63) is 29.4 Å². The van der Waals surface area contributed by atoms with Gasteiger partial charge in [0.05, 0.1) is 6.26 Å². The lowest BCUT2D eigenvalue weighted by Gasteiger charge is -2.29. The minimum absolute atomic E-state index is 0.240. The Labute approximate surface area is 129 Å². The van der Waals surface area contributed by atoms with E-state index in [0.29, 0.717) is 5.76 Å². The van der Waals surface area contributed by atoms with Crippen molar-refractivity contribution in [2.75, 3.05) is 6.54 Å². The maximum absolute atomic E-state index is 12.5. The van der Waals surface area contributed by atoms with Crippen molar-refractivity contribution in [3.63, 3.8) is 0 Å². The van der Waals surface area contributed by atoms with Gasteiger partial charge in [0.25, 0.3) is 6.17 Å². The predicted octanol–water partition coefficient (Wildman–Crippen LogP) is 3.45. The summed E-state index contributed by atoms with van der Waals surface area (Å²) < 4.78 is 6.76. The van der Waals surface area contributed by atoms with Gasteiger partial charge < -0.3 is 9.62 Å². The Balaban J connectivity index is 2.26. The van der Waals surface area contributed by atoms with Gasteiger partial charge in [-0.15, -0.1) is 0 Å². The van der Waals surface area contributed by atoms with Gasteiger partial charge in [-0.05, 0) is 32.4 Å². The zero-order valence-electron chi connectivity index (χ0n) is 12.0. The van der Waals surface area contributed by atoms with Crippen molar-refractivity contribution >= 4 is 34.5 Å². The highest BCUT2D eigenvalue weighted by Gasteiger charge is 2.50. The summed E-state index contributed by atoms with van der Waals surface area (Å²) >= 11 is 7.03. The number of thiocarbonyl (C=S) groups is 1. The molecule has 2 rings (SSSR count). The average molecular weight is 312 g/mol. The zero-order valence-corrected chi connectivity index (χ0v) is 13.7. The molecule has 0 spiro atoms. The summed E-state index contributed by atoms with van der Waals surface area (Å²) in [7, 11) is 0.